The molecule has 0 aromatic rings. The molecule has 1 fully saturated rings. The first kappa shape index (κ1) is 19.7. The Morgan fingerprint density at radius 3 is 2.26 bits per heavy atom. The number of rotatable bonds is 8. The second-order valence-corrected chi connectivity index (χ2v) is 6.23. The van der Waals surface area contributed by atoms with Crippen LogP contribution in [0.5, 0.6) is 0 Å². The summed E-state index contributed by atoms with van der Waals surface area (Å²) in [7, 11) is 1.23. The smallest absolute Gasteiger partial charge is 0.321 e. The average Bonchev–Trinajstić information content (AvgIpc) is 2.52. The zero-order valence-electron chi connectivity index (χ0n) is 13.3. The molecular weight excluding hydrogens is 326 g/mol. The third-order valence-electron chi connectivity index (χ3n) is 3.89. The largest absolute Gasteiger partial charge is 0.760 e. The van der Waals surface area contributed by atoms with Crippen molar-refractivity contribution in [3.63, 3.8) is 0 Å². The van der Waals surface area contributed by atoms with E-state index in [0.29, 0.717) is 25.7 Å². The van der Waals surface area contributed by atoms with Gasteiger partial charge >= 0.3 is 11.9 Å². The fourth-order valence-electron chi connectivity index (χ4n) is 2.68. The van der Waals surface area contributed by atoms with E-state index in [1.807, 2.05) is 0 Å². The molecule has 0 amide bonds. The van der Waals surface area contributed by atoms with Crippen LogP contribution in [0.3, 0.4) is 0 Å². The lowest BCUT2D eigenvalue weighted by Gasteiger charge is -2.36. The van der Waals surface area contributed by atoms with E-state index in [1.165, 1.54) is 7.11 Å². The molecule has 1 atom stereocenters. The molecule has 9 heteroatoms. The van der Waals surface area contributed by atoms with E-state index in [2.05, 4.69) is 4.74 Å². The van der Waals surface area contributed by atoms with Gasteiger partial charge < -0.3 is 14.0 Å². The van der Waals surface area contributed by atoms with E-state index < -0.39 is 23.2 Å². The molecule has 0 saturated heterocycles. The molecule has 1 saturated carbocycles. The molecule has 1 unspecified atom stereocenters. The number of esters is 2. The predicted molar refractivity (Wildman–Crippen MR) is 79.6 cm³/mol. The first-order chi connectivity index (χ1) is 10.9. The van der Waals surface area contributed by atoms with Crippen LogP contribution >= 0.6 is 0 Å². The molecule has 0 bridgehead atoms. The Bertz CT molecular complexity index is 460. The minimum Gasteiger partial charge on any atom is -0.760 e. The molecule has 1 rings (SSSR count). The summed E-state index contributed by atoms with van der Waals surface area (Å²) in [6.07, 6.45) is 1.63. The summed E-state index contributed by atoms with van der Waals surface area (Å²) >= 11 is -2.53. The summed E-state index contributed by atoms with van der Waals surface area (Å²) in [5, 5.41) is 0. The Kier molecular flexibility index (Phi) is 8.35. The van der Waals surface area contributed by atoms with E-state index in [9.17, 15) is 23.1 Å². The minimum absolute atomic E-state index is 0.185. The van der Waals surface area contributed by atoms with E-state index in [-0.39, 0.29) is 37.3 Å². The van der Waals surface area contributed by atoms with Crippen LogP contribution in [0.25, 0.3) is 0 Å². The number of carbonyl (C=O) groups is 3. The van der Waals surface area contributed by atoms with Crippen LogP contribution in [0.15, 0.2) is 0 Å². The predicted octanol–water partition coefficient (Wildman–Crippen LogP) is 0.337. The summed E-state index contributed by atoms with van der Waals surface area (Å²) in [5.41, 5.74) is 0. The highest BCUT2D eigenvalue weighted by molar-refractivity contribution is 7.76. The SMILES string of the molecule is CCOC(=O)CN(C1CCC(C(=O)CC(=O)OC)CC1)S(=O)[O-]. The number of hydrogen-bond acceptors (Lipinski definition) is 7. The Labute approximate surface area is 137 Å². The topological polar surface area (TPSA) is 113 Å². The van der Waals surface area contributed by atoms with Crippen LogP contribution in [0.1, 0.15) is 39.0 Å². The molecule has 1 aliphatic carbocycles. The molecular formula is C14H22NO7S-. The summed E-state index contributed by atoms with van der Waals surface area (Å²) < 4.78 is 33.0. The third kappa shape index (κ3) is 6.36. The van der Waals surface area contributed by atoms with Crippen LogP contribution in [-0.2, 0) is 35.1 Å². The maximum absolute atomic E-state index is 11.9. The van der Waals surface area contributed by atoms with Crippen molar-refractivity contribution >= 4 is 29.0 Å². The second kappa shape index (κ2) is 9.74. The molecule has 0 N–H and O–H groups in total. The van der Waals surface area contributed by atoms with Crippen molar-refractivity contribution in [2.75, 3.05) is 20.3 Å². The van der Waals surface area contributed by atoms with Gasteiger partial charge in [0.2, 0.25) is 0 Å². The number of ketones is 1. The number of methoxy groups -OCH3 is 1. The second-order valence-electron chi connectivity index (χ2n) is 5.32. The Balaban J connectivity index is 2.54. The van der Waals surface area contributed by atoms with Crippen LogP contribution in [0.2, 0.25) is 0 Å². The van der Waals surface area contributed by atoms with Crippen LogP contribution in [0.4, 0.5) is 0 Å². The van der Waals surface area contributed by atoms with Crippen LogP contribution in [0, 0.1) is 5.92 Å². The van der Waals surface area contributed by atoms with Gasteiger partial charge in [-0.2, -0.15) is 0 Å². The van der Waals surface area contributed by atoms with Crippen molar-refractivity contribution in [1.29, 1.82) is 0 Å². The number of Topliss-reactive ketones (excluding diaryl/α,β-unsaturated/α-hetero) is 1. The number of carbonyl (C=O) groups excluding carboxylic acids is 3. The summed E-state index contributed by atoms with van der Waals surface area (Å²) in [6, 6.07) is -0.333. The van der Waals surface area contributed by atoms with Crippen molar-refractivity contribution in [2.24, 2.45) is 5.92 Å². The van der Waals surface area contributed by atoms with Gasteiger partial charge in [-0.05, 0) is 32.6 Å². The van der Waals surface area contributed by atoms with Gasteiger partial charge in [0.1, 0.15) is 18.7 Å². The quantitative estimate of drug-likeness (QED) is 0.353. The fraction of sp³-hybridized carbons (Fsp3) is 0.786. The molecule has 0 spiro atoms. The highest BCUT2D eigenvalue weighted by atomic mass is 32.2. The first-order valence-electron chi connectivity index (χ1n) is 7.50. The third-order valence-corrected chi connectivity index (χ3v) is 4.70. The van der Waals surface area contributed by atoms with Gasteiger partial charge in [0.05, 0.1) is 13.7 Å². The van der Waals surface area contributed by atoms with Crippen LogP contribution in [-0.4, -0.2) is 57.1 Å². The normalized spacial score (nSPS) is 22.4. The lowest BCUT2D eigenvalue weighted by Crippen LogP contribution is -2.43. The molecule has 0 heterocycles. The molecule has 0 radical (unpaired) electrons. The summed E-state index contributed by atoms with van der Waals surface area (Å²) in [5.74, 6) is -1.62. The zero-order chi connectivity index (χ0) is 17.4. The Morgan fingerprint density at radius 2 is 1.78 bits per heavy atom. The van der Waals surface area contributed by atoms with Crippen molar-refractivity contribution in [1.82, 2.24) is 4.31 Å². The van der Waals surface area contributed by atoms with Gasteiger partial charge in [0.25, 0.3) is 0 Å². The average molecular weight is 348 g/mol. The van der Waals surface area contributed by atoms with Crippen LogP contribution < -0.4 is 0 Å². The standard InChI is InChI=1S/C14H23NO7S/c1-3-22-14(18)9-15(23(19)20)11-6-4-10(5-7-11)12(16)8-13(17)21-2/h10-11H,3-9H2,1-2H3,(H,19,20)/p-1. The molecule has 132 valence electrons. The molecule has 1 aliphatic rings. The van der Waals surface area contributed by atoms with Gasteiger partial charge in [-0.15, -0.1) is 0 Å². The minimum atomic E-state index is -2.53. The molecule has 0 aliphatic heterocycles. The molecule has 23 heavy (non-hydrogen) atoms. The van der Waals surface area contributed by atoms with Crippen molar-refractivity contribution in [3.05, 3.63) is 0 Å². The van der Waals surface area contributed by atoms with Gasteiger partial charge in [0, 0.05) is 23.2 Å². The fourth-order valence-corrected chi connectivity index (χ4v) is 3.35. The van der Waals surface area contributed by atoms with E-state index in [4.69, 9.17) is 4.74 Å². The molecule has 0 aromatic heterocycles. The lowest BCUT2D eigenvalue weighted by molar-refractivity contribution is -0.146. The maximum atomic E-state index is 11.9. The highest BCUT2D eigenvalue weighted by Crippen LogP contribution is 2.29. The van der Waals surface area contributed by atoms with Gasteiger partial charge in [-0.25, -0.2) is 4.31 Å². The van der Waals surface area contributed by atoms with Gasteiger partial charge in [-0.3, -0.25) is 18.6 Å². The van der Waals surface area contributed by atoms with E-state index in [0.717, 1.165) is 4.31 Å². The number of ether oxygens (including phenoxy) is 2. The first-order valence-corrected chi connectivity index (χ1v) is 8.53. The van der Waals surface area contributed by atoms with Crippen molar-refractivity contribution in [2.45, 2.75) is 45.1 Å². The zero-order valence-corrected chi connectivity index (χ0v) is 14.1. The van der Waals surface area contributed by atoms with Gasteiger partial charge in [-0.1, -0.05) is 0 Å². The Hall–Kier alpha value is -1.32. The number of nitrogens with zero attached hydrogens (tertiary/aromatic N) is 1. The maximum Gasteiger partial charge on any atom is 0.321 e. The summed E-state index contributed by atoms with van der Waals surface area (Å²) in [4.78, 5) is 34.5. The van der Waals surface area contributed by atoms with Crippen molar-refractivity contribution < 1.29 is 32.6 Å². The van der Waals surface area contributed by atoms with Gasteiger partial charge in [0.15, 0.2) is 0 Å². The van der Waals surface area contributed by atoms with Crippen molar-refractivity contribution in [3.8, 4) is 0 Å². The lowest BCUT2D eigenvalue weighted by atomic mass is 9.82. The highest BCUT2D eigenvalue weighted by Gasteiger charge is 2.31. The summed E-state index contributed by atoms with van der Waals surface area (Å²) in [6.45, 7) is 1.51. The van der Waals surface area contributed by atoms with E-state index in [1.54, 1.807) is 6.92 Å². The number of hydrogen-bond donors (Lipinski definition) is 0. The molecule has 8 nitrogen and oxygen atoms in total. The monoisotopic (exact) mass is 348 g/mol. The Morgan fingerprint density at radius 1 is 1.17 bits per heavy atom. The molecule has 0 aromatic carbocycles. The van der Waals surface area contributed by atoms with E-state index >= 15 is 0 Å².